The molecule has 1 saturated carbocycles. The summed E-state index contributed by atoms with van der Waals surface area (Å²) in [5, 5.41) is 0. The first-order valence-electron chi connectivity index (χ1n) is 12.0. The number of aryl methyl sites for hydroxylation is 1. The molecule has 7 heteroatoms. The van der Waals surface area contributed by atoms with Crippen molar-refractivity contribution in [2.75, 3.05) is 24.5 Å². The van der Waals surface area contributed by atoms with Gasteiger partial charge in [-0.2, -0.15) is 0 Å². The van der Waals surface area contributed by atoms with Crippen LogP contribution in [0.4, 0.5) is 5.82 Å². The lowest BCUT2D eigenvalue weighted by molar-refractivity contribution is -0.119. The standard InChI is InChI=1S/C25H31N5O2/c1-17-21-9-10-22(31)30(15-18-6-3-2-4-7-18)24(21)28-23(27-17)20-11-13-29(16-20)25(32)19-8-5-12-26-14-19/h5,8,12,14,18,20H,2-4,6-7,9-11,13,15-16H2,1H3/t20-/m1/s1. The van der Waals surface area contributed by atoms with Crippen LogP contribution in [0.15, 0.2) is 24.5 Å². The smallest absolute Gasteiger partial charge is 0.255 e. The Morgan fingerprint density at radius 2 is 1.97 bits per heavy atom. The van der Waals surface area contributed by atoms with E-state index in [-0.39, 0.29) is 17.7 Å². The molecule has 5 rings (SSSR count). The van der Waals surface area contributed by atoms with Gasteiger partial charge in [0.15, 0.2) is 0 Å². The molecular weight excluding hydrogens is 402 g/mol. The lowest BCUT2D eigenvalue weighted by Crippen LogP contribution is -2.40. The fourth-order valence-corrected chi connectivity index (χ4v) is 5.43. The second-order valence-corrected chi connectivity index (χ2v) is 9.46. The van der Waals surface area contributed by atoms with E-state index in [2.05, 4.69) is 4.98 Å². The van der Waals surface area contributed by atoms with Gasteiger partial charge in [-0.05, 0) is 50.7 Å². The number of carbonyl (C=O) groups is 2. The third kappa shape index (κ3) is 4.12. The first-order valence-corrected chi connectivity index (χ1v) is 12.0. The van der Waals surface area contributed by atoms with Crippen molar-refractivity contribution in [3.05, 3.63) is 47.2 Å². The molecule has 1 aliphatic carbocycles. The van der Waals surface area contributed by atoms with Crippen LogP contribution in [-0.2, 0) is 11.2 Å². The summed E-state index contributed by atoms with van der Waals surface area (Å²) in [6.07, 6.45) is 11.6. The predicted molar refractivity (Wildman–Crippen MR) is 122 cm³/mol. The van der Waals surface area contributed by atoms with Crippen molar-refractivity contribution in [3.8, 4) is 0 Å². The van der Waals surface area contributed by atoms with Crippen LogP contribution in [0.5, 0.6) is 0 Å². The molecule has 1 saturated heterocycles. The van der Waals surface area contributed by atoms with Crippen LogP contribution < -0.4 is 4.90 Å². The Labute approximate surface area is 189 Å². The highest BCUT2D eigenvalue weighted by Crippen LogP contribution is 2.34. The van der Waals surface area contributed by atoms with Gasteiger partial charge >= 0.3 is 0 Å². The zero-order chi connectivity index (χ0) is 22.1. The number of carbonyl (C=O) groups excluding carboxylic acids is 2. The first kappa shape index (κ1) is 21.0. The maximum Gasteiger partial charge on any atom is 0.255 e. The lowest BCUT2D eigenvalue weighted by atomic mass is 9.88. The second kappa shape index (κ2) is 8.96. The number of likely N-dealkylation sites (tertiary alicyclic amines) is 1. The summed E-state index contributed by atoms with van der Waals surface area (Å²) < 4.78 is 0. The highest BCUT2D eigenvalue weighted by atomic mass is 16.2. The summed E-state index contributed by atoms with van der Waals surface area (Å²) in [5.74, 6) is 2.44. The van der Waals surface area contributed by atoms with Gasteiger partial charge in [-0.25, -0.2) is 9.97 Å². The molecule has 0 N–H and O–H groups in total. The molecule has 4 heterocycles. The molecule has 0 spiro atoms. The summed E-state index contributed by atoms with van der Waals surface area (Å²) in [6.45, 7) is 4.09. The van der Waals surface area contributed by atoms with Gasteiger partial charge in [-0.15, -0.1) is 0 Å². The van der Waals surface area contributed by atoms with E-state index >= 15 is 0 Å². The number of amides is 2. The molecule has 0 unspecified atom stereocenters. The molecule has 32 heavy (non-hydrogen) atoms. The Morgan fingerprint density at radius 3 is 2.75 bits per heavy atom. The number of nitrogens with zero attached hydrogens (tertiary/aromatic N) is 5. The number of hydrogen-bond donors (Lipinski definition) is 0. The molecule has 0 radical (unpaired) electrons. The van der Waals surface area contributed by atoms with Gasteiger partial charge in [-0.1, -0.05) is 19.3 Å². The Kier molecular flexibility index (Phi) is 5.89. The van der Waals surface area contributed by atoms with Crippen LogP contribution in [0, 0.1) is 12.8 Å². The lowest BCUT2D eigenvalue weighted by Gasteiger charge is -2.33. The van der Waals surface area contributed by atoms with Crippen molar-refractivity contribution in [2.45, 2.75) is 64.2 Å². The first-order chi connectivity index (χ1) is 15.6. The van der Waals surface area contributed by atoms with Crippen molar-refractivity contribution in [2.24, 2.45) is 5.92 Å². The zero-order valence-corrected chi connectivity index (χ0v) is 18.8. The number of hydrogen-bond acceptors (Lipinski definition) is 5. The van der Waals surface area contributed by atoms with E-state index in [9.17, 15) is 9.59 Å². The number of pyridine rings is 1. The summed E-state index contributed by atoms with van der Waals surface area (Å²) in [6, 6.07) is 3.59. The minimum absolute atomic E-state index is 0.00406. The van der Waals surface area contributed by atoms with Gasteiger partial charge < -0.3 is 4.90 Å². The molecule has 2 aromatic rings. The van der Waals surface area contributed by atoms with E-state index < -0.39 is 0 Å². The number of fused-ring (bicyclic) bond motifs is 1. The van der Waals surface area contributed by atoms with Crippen LogP contribution in [0.1, 0.15) is 78.3 Å². The van der Waals surface area contributed by atoms with Crippen molar-refractivity contribution < 1.29 is 9.59 Å². The molecular formula is C25H31N5O2. The van der Waals surface area contributed by atoms with Gasteiger partial charge in [0, 0.05) is 55.6 Å². The summed E-state index contributed by atoms with van der Waals surface area (Å²) in [5.41, 5.74) is 2.70. The van der Waals surface area contributed by atoms with Crippen molar-refractivity contribution in [1.82, 2.24) is 19.9 Å². The third-order valence-corrected chi connectivity index (χ3v) is 7.27. The monoisotopic (exact) mass is 433 g/mol. The van der Waals surface area contributed by atoms with E-state index in [4.69, 9.17) is 9.97 Å². The van der Waals surface area contributed by atoms with E-state index in [1.807, 2.05) is 16.7 Å². The van der Waals surface area contributed by atoms with E-state index in [1.165, 1.54) is 32.1 Å². The van der Waals surface area contributed by atoms with Crippen LogP contribution in [0.3, 0.4) is 0 Å². The minimum atomic E-state index is 0.00406. The van der Waals surface area contributed by atoms with Crippen LogP contribution >= 0.6 is 0 Å². The predicted octanol–water partition coefficient (Wildman–Crippen LogP) is 3.67. The molecule has 3 aliphatic rings. The molecule has 2 amide bonds. The van der Waals surface area contributed by atoms with Gasteiger partial charge in [0.05, 0.1) is 5.56 Å². The van der Waals surface area contributed by atoms with Gasteiger partial charge in [0.25, 0.3) is 5.91 Å². The topological polar surface area (TPSA) is 79.3 Å². The summed E-state index contributed by atoms with van der Waals surface area (Å²) in [4.78, 5) is 43.4. The minimum Gasteiger partial charge on any atom is -0.338 e. The SMILES string of the molecule is Cc1nc([C@@H]2CCN(C(=O)c3cccnc3)C2)nc2c1CCC(=O)N2CC1CCCCC1. The van der Waals surface area contributed by atoms with Crippen molar-refractivity contribution in [3.63, 3.8) is 0 Å². The van der Waals surface area contributed by atoms with E-state index in [0.717, 1.165) is 42.3 Å². The molecule has 0 aromatic carbocycles. The Morgan fingerprint density at radius 1 is 1.12 bits per heavy atom. The van der Waals surface area contributed by atoms with Crippen LogP contribution in [-0.4, -0.2) is 51.3 Å². The molecule has 1 atom stereocenters. The molecule has 2 aromatic heterocycles. The highest BCUT2D eigenvalue weighted by molar-refractivity contribution is 5.95. The normalized spacial score (nSPS) is 21.7. The average molecular weight is 434 g/mol. The summed E-state index contributed by atoms with van der Waals surface area (Å²) in [7, 11) is 0. The fraction of sp³-hybridized carbons (Fsp3) is 0.560. The molecule has 0 bridgehead atoms. The average Bonchev–Trinajstić information content (AvgIpc) is 3.32. The molecule has 7 nitrogen and oxygen atoms in total. The van der Waals surface area contributed by atoms with E-state index in [0.29, 0.717) is 31.0 Å². The third-order valence-electron chi connectivity index (χ3n) is 7.27. The van der Waals surface area contributed by atoms with Crippen molar-refractivity contribution >= 4 is 17.6 Å². The molecule has 2 aliphatic heterocycles. The summed E-state index contributed by atoms with van der Waals surface area (Å²) >= 11 is 0. The quantitative estimate of drug-likeness (QED) is 0.735. The largest absolute Gasteiger partial charge is 0.338 e. The van der Waals surface area contributed by atoms with Gasteiger partial charge in [-0.3, -0.25) is 19.5 Å². The second-order valence-electron chi connectivity index (χ2n) is 9.46. The number of anilines is 1. The number of aromatic nitrogens is 3. The van der Waals surface area contributed by atoms with Gasteiger partial charge in [0.1, 0.15) is 11.6 Å². The van der Waals surface area contributed by atoms with Gasteiger partial charge in [0.2, 0.25) is 5.91 Å². The maximum absolute atomic E-state index is 12.9. The molecule has 168 valence electrons. The Bertz CT molecular complexity index is 1000. The van der Waals surface area contributed by atoms with Crippen LogP contribution in [0.25, 0.3) is 0 Å². The van der Waals surface area contributed by atoms with Crippen molar-refractivity contribution in [1.29, 1.82) is 0 Å². The van der Waals surface area contributed by atoms with Crippen LogP contribution in [0.2, 0.25) is 0 Å². The zero-order valence-electron chi connectivity index (χ0n) is 18.8. The highest BCUT2D eigenvalue weighted by Gasteiger charge is 2.34. The van der Waals surface area contributed by atoms with E-state index in [1.54, 1.807) is 24.5 Å². The maximum atomic E-state index is 12.9. The Balaban J connectivity index is 1.37. The fourth-order valence-electron chi connectivity index (χ4n) is 5.43. The number of rotatable bonds is 4. The molecule has 2 fully saturated rings. The Hall–Kier alpha value is -2.83.